The van der Waals surface area contributed by atoms with Crippen LogP contribution in [0.1, 0.15) is 20.3 Å². The summed E-state index contributed by atoms with van der Waals surface area (Å²) in [6.45, 7) is 9.56. The molecule has 0 aromatic rings. The molecule has 2 N–H and O–H groups in total. The third kappa shape index (κ3) is 6.55. The third-order valence-corrected chi connectivity index (χ3v) is 2.91. The minimum atomic E-state index is 0.589. The Kier molecular flexibility index (Phi) is 7.07. The van der Waals surface area contributed by atoms with E-state index in [0.29, 0.717) is 5.11 Å². The molecule has 0 atom stereocenters. The van der Waals surface area contributed by atoms with Crippen LogP contribution in [0.25, 0.3) is 0 Å². The summed E-state index contributed by atoms with van der Waals surface area (Å²) in [5.41, 5.74) is 3.88. The first kappa shape index (κ1) is 14.3. The summed E-state index contributed by atoms with van der Waals surface area (Å²) in [5, 5.41) is 7.87. The third-order valence-electron chi connectivity index (χ3n) is 2.68. The van der Waals surface area contributed by atoms with Crippen molar-refractivity contribution in [3.8, 4) is 0 Å². The second kappa shape index (κ2) is 8.38. The second-order valence-electron chi connectivity index (χ2n) is 4.02. The van der Waals surface area contributed by atoms with Crippen LogP contribution < -0.4 is 10.7 Å². The van der Waals surface area contributed by atoms with Gasteiger partial charge >= 0.3 is 0 Å². The van der Waals surface area contributed by atoms with Gasteiger partial charge in [0.15, 0.2) is 5.11 Å². The van der Waals surface area contributed by atoms with Crippen LogP contribution in [0.5, 0.6) is 0 Å². The van der Waals surface area contributed by atoms with Gasteiger partial charge in [-0.1, -0.05) is 6.92 Å². The molecule has 0 aromatic heterocycles. The smallest absolute Gasteiger partial charge is 0.186 e. The topological polar surface area (TPSA) is 48.9 Å². The van der Waals surface area contributed by atoms with Crippen molar-refractivity contribution in [1.29, 1.82) is 0 Å². The standard InChI is InChI=1S/C11H22N4OS/c1-3-10(2)13-14-11(17)12-4-5-15-6-8-16-9-7-15/h3-9H2,1-2H3,(H2,12,14,17)/b13-10-. The second-order valence-corrected chi connectivity index (χ2v) is 4.43. The van der Waals surface area contributed by atoms with Gasteiger partial charge < -0.3 is 10.1 Å². The SMILES string of the molecule is CC/C(C)=N\NC(=S)NCCN1CCOCC1. The highest BCUT2D eigenvalue weighted by Crippen LogP contribution is 1.94. The number of nitrogens with one attached hydrogen (secondary N) is 2. The van der Waals surface area contributed by atoms with Gasteiger partial charge in [0, 0.05) is 31.9 Å². The highest BCUT2D eigenvalue weighted by Gasteiger charge is 2.09. The van der Waals surface area contributed by atoms with Crippen LogP contribution in [-0.2, 0) is 4.74 Å². The molecular formula is C11H22N4OS. The van der Waals surface area contributed by atoms with E-state index in [-0.39, 0.29) is 0 Å². The molecule has 17 heavy (non-hydrogen) atoms. The lowest BCUT2D eigenvalue weighted by Gasteiger charge is -2.26. The van der Waals surface area contributed by atoms with Crippen LogP contribution in [-0.4, -0.2) is 55.1 Å². The number of hydrazone groups is 1. The summed E-state index contributed by atoms with van der Waals surface area (Å²) >= 11 is 5.11. The minimum Gasteiger partial charge on any atom is -0.379 e. The molecule has 0 aromatic carbocycles. The zero-order valence-electron chi connectivity index (χ0n) is 10.7. The molecular weight excluding hydrogens is 236 g/mol. The molecule has 1 aliphatic heterocycles. The molecule has 0 bridgehead atoms. The summed E-state index contributed by atoms with van der Waals surface area (Å²) in [6.07, 6.45) is 0.934. The fourth-order valence-electron chi connectivity index (χ4n) is 1.42. The van der Waals surface area contributed by atoms with Gasteiger partial charge in [-0.2, -0.15) is 5.10 Å². The van der Waals surface area contributed by atoms with Gasteiger partial charge in [0.05, 0.1) is 13.2 Å². The highest BCUT2D eigenvalue weighted by molar-refractivity contribution is 7.80. The Bertz CT molecular complexity index is 264. The summed E-state index contributed by atoms with van der Waals surface area (Å²) in [4.78, 5) is 2.36. The number of rotatable bonds is 5. The van der Waals surface area contributed by atoms with Gasteiger partial charge in [0.1, 0.15) is 0 Å². The van der Waals surface area contributed by atoms with Crippen LogP contribution in [0.2, 0.25) is 0 Å². The zero-order valence-corrected chi connectivity index (χ0v) is 11.5. The molecule has 1 aliphatic rings. The molecule has 98 valence electrons. The first-order valence-electron chi connectivity index (χ1n) is 6.09. The van der Waals surface area contributed by atoms with Crippen LogP contribution in [0.3, 0.4) is 0 Å². The lowest BCUT2D eigenvalue weighted by Crippen LogP contribution is -2.42. The van der Waals surface area contributed by atoms with Gasteiger partial charge in [-0.25, -0.2) is 0 Å². The Balaban J connectivity index is 2.07. The number of hydrogen-bond donors (Lipinski definition) is 2. The number of morpholine rings is 1. The average molecular weight is 258 g/mol. The lowest BCUT2D eigenvalue weighted by molar-refractivity contribution is 0.0389. The van der Waals surface area contributed by atoms with Gasteiger partial charge in [-0.15, -0.1) is 0 Å². The summed E-state index contributed by atoms with van der Waals surface area (Å²) in [6, 6.07) is 0. The molecule has 5 nitrogen and oxygen atoms in total. The van der Waals surface area contributed by atoms with E-state index in [4.69, 9.17) is 17.0 Å². The van der Waals surface area contributed by atoms with Crippen molar-refractivity contribution in [2.45, 2.75) is 20.3 Å². The van der Waals surface area contributed by atoms with Crippen LogP contribution in [0.15, 0.2) is 5.10 Å². The molecule has 1 saturated heterocycles. The van der Waals surface area contributed by atoms with Gasteiger partial charge in [0.25, 0.3) is 0 Å². The van der Waals surface area contributed by atoms with Gasteiger partial charge in [-0.05, 0) is 25.6 Å². The molecule has 0 radical (unpaired) electrons. The van der Waals surface area contributed by atoms with Crippen molar-refractivity contribution in [2.75, 3.05) is 39.4 Å². The normalized spacial score (nSPS) is 17.9. The Morgan fingerprint density at radius 2 is 2.12 bits per heavy atom. The van der Waals surface area contributed by atoms with Crippen molar-refractivity contribution in [3.05, 3.63) is 0 Å². The van der Waals surface area contributed by atoms with E-state index in [1.807, 2.05) is 6.92 Å². The quantitative estimate of drug-likeness (QED) is 0.429. The summed E-state index contributed by atoms with van der Waals surface area (Å²) in [7, 11) is 0. The van der Waals surface area contributed by atoms with Crippen LogP contribution in [0.4, 0.5) is 0 Å². The van der Waals surface area contributed by atoms with E-state index in [0.717, 1.165) is 51.5 Å². The zero-order chi connectivity index (χ0) is 12.5. The molecule has 0 spiro atoms. The molecule has 0 aliphatic carbocycles. The first-order chi connectivity index (χ1) is 8.22. The maximum atomic E-state index is 5.29. The number of nitrogens with zero attached hydrogens (tertiary/aromatic N) is 2. The fourth-order valence-corrected chi connectivity index (χ4v) is 1.56. The Labute approximate surface area is 109 Å². The van der Waals surface area contributed by atoms with Crippen molar-refractivity contribution in [3.63, 3.8) is 0 Å². The maximum Gasteiger partial charge on any atom is 0.186 e. The van der Waals surface area contributed by atoms with E-state index in [1.165, 1.54) is 0 Å². The molecule has 1 heterocycles. The minimum absolute atomic E-state index is 0.589. The van der Waals surface area contributed by atoms with Crippen molar-refractivity contribution < 1.29 is 4.74 Å². The molecule has 1 rings (SSSR count). The Morgan fingerprint density at radius 3 is 2.76 bits per heavy atom. The number of thiocarbonyl (C=S) groups is 1. The van der Waals surface area contributed by atoms with E-state index in [2.05, 4.69) is 27.7 Å². The largest absolute Gasteiger partial charge is 0.379 e. The number of hydrogen-bond acceptors (Lipinski definition) is 4. The summed E-state index contributed by atoms with van der Waals surface area (Å²) in [5.74, 6) is 0. The predicted molar refractivity (Wildman–Crippen MR) is 74.4 cm³/mol. The average Bonchev–Trinajstić information content (AvgIpc) is 2.37. The number of ether oxygens (including phenoxy) is 1. The van der Waals surface area contributed by atoms with Crippen LogP contribution in [0, 0.1) is 0 Å². The molecule has 0 saturated carbocycles. The molecule has 0 unspecified atom stereocenters. The fraction of sp³-hybridized carbons (Fsp3) is 0.818. The maximum absolute atomic E-state index is 5.29. The van der Waals surface area contributed by atoms with E-state index in [1.54, 1.807) is 0 Å². The van der Waals surface area contributed by atoms with Crippen LogP contribution >= 0.6 is 12.2 Å². The Morgan fingerprint density at radius 1 is 1.41 bits per heavy atom. The predicted octanol–water partition coefficient (Wildman–Crippen LogP) is 0.569. The first-order valence-corrected chi connectivity index (χ1v) is 6.50. The van der Waals surface area contributed by atoms with Gasteiger partial charge in [0.2, 0.25) is 0 Å². The van der Waals surface area contributed by atoms with Crippen molar-refractivity contribution in [1.82, 2.24) is 15.6 Å². The summed E-state index contributed by atoms with van der Waals surface area (Å²) < 4.78 is 5.29. The molecule has 6 heteroatoms. The Hall–Kier alpha value is -0.720. The lowest BCUT2D eigenvalue weighted by atomic mass is 10.3. The highest BCUT2D eigenvalue weighted by atomic mass is 32.1. The van der Waals surface area contributed by atoms with Crippen molar-refractivity contribution >= 4 is 23.0 Å². The molecule has 1 fully saturated rings. The van der Waals surface area contributed by atoms with E-state index < -0.39 is 0 Å². The monoisotopic (exact) mass is 258 g/mol. The van der Waals surface area contributed by atoms with Crippen molar-refractivity contribution in [2.24, 2.45) is 5.10 Å². The molecule has 0 amide bonds. The van der Waals surface area contributed by atoms with E-state index in [9.17, 15) is 0 Å². The van der Waals surface area contributed by atoms with Gasteiger partial charge in [-0.3, -0.25) is 10.3 Å². The van der Waals surface area contributed by atoms with E-state index >= 15 is 0 Å².